The SMILES string of the molecule is Cc1nc(C2CCCN(CC(O)c3ccc(F)cc3F)C2)n[nH]1. The van der Waals surface area contributed by atoms with E-state index in [1.54, 1.807) is 0 Å². The number of nitrogens with zero attached hydrogens (tertiary/aromatic N) is 3. The molecule has 2 aromatic rings. The van der Waals surface area contributed by atoms with Crippen LogP contribution in [0.15, 0.2) is 18.2 Å². The number of rotatable bonds is 4. The van der Waals surface area contributed by atoms with Crippen molar-refractivity contribution < 1.29 is 13.9 Å². The maximum absolute atomic E-state index is 13.8. The van der Waals surface area contributed by atoms with Crippen molar-refractivity contribution in [1.29, 1.82) is 0 Å². The highest BCUT2D eigenvalue weighted by molar-refractivity contribution is 5.21. The Kier molecular flexibility index (Phi) is 4.68. The van der Waals surface area contributed by atoms with Crippen LogP contribution in [-0.2, 0) is 0 Å². The standard InChI is InChI=1S/C16H20F2N4O/c1-10-19-16(21-20-10)11-3-2-6-22(8-11)9-15(23)13-5-4-12(17)7-14(13)18/h4-5,7,11,15,23H,2-3,6,8-9H2,1H3,(H,19,20,21). The minimum absolute atomic E-state index is 0.127. The van der Waals surface area contributed by atoms with Gasteiger partial charge in [-0.05, 0) is 32.4 Å². The number of halogens is 2. The topological polar surface area (TPSA) is 65.0 Å². The molecule has 1 aliphatic rings. The van der Waals surface area contributed by atoms with Crippen molar-refractivity contribution in [3.8, 4) is 0 Å². The molecule has 2 heterocycles. The van der Waals surface area contributed by atoms with Crippen LogP contribution in [0.25, 0.3) is 0 Å². The van der Waals surface area contributed by atoms with Crippen molar-refractivity contribution in [2.45, 2.75) is 31.8 Å². The highest BCUT2D eigenvalue weighted by Crippen LogP contribution is 2.26. The van der Waals surface area contributed by atoms with Crippen LogP contribution in [0.3, 0.4) is 0 Å². The molecule has 0 radical (unpaired) electrons. The van der Waals surface area contributed by atoms with E-state index in [0.717, 1.165) is 49.7 Å². The van der Waals surface area contributed by atoms with E-state index < -0.39 is 17.7 Å². The Bertz CT molecular complexity index is 676. The van der Waals surface area contributed by atoms with Gasteiger partial charge in [0.25, 0.3) is 0 Å². The molecule has 3 rings (SSSR count). The van der Waals surface area contributed by atoms with Crippen LogP contribution < -0.4 is 0 Å². The normalized spacial score (nSPS) is 20.6. The maximum atomic E-state index is 13.8. The average Bonchev–Trinajstić information content (AvgIpc) is 2.94. The Hall–Kier alpha value is -1.86. The van der Waals surface area contributed by atoms with E-state index in [4.69, 9.17) is 0 Å². The number of aryl methyl sites for hydroxylation is 1. The number of aromatic amines is 1. The molecule has 124 valence electrons. The number of hydrogen-bond acceptors (Lipinski definition) is 4. The van der Waals surface area contributed by atoms with Crippen LogP contribution in [0.4, 0.5) is 8.78 Å². The Morgan fingerprint density at radius 3 is 2.96 bits per heavy atom. The third-order valence-electron chi connectivity index (χ3n) is 4.24. The lowest BCUT2D eigenvalue weighted by Gasteiger charge is -2.32. The number of hydrogen-bond donors (Lipinski definition) is 2. The van der Waals surface area contributed by atoms with Crippen LogP contribution in [-0.4, -0.2) is 44.8 Å². The Morgan fingerprint density at radius 2 is 2.26 bits per heavy atom. The van der Waals surface area contributed by atoms with Gasteiger partial charge in [0.15, 0.2) is 5.82 Å². The number of likely N-dealkylation sites (tertiary alicyclic amines) is 1. The van der Waals surface area contributed by atoms with E-state index in [1.807, 2.05) is 6.92 Å². The molecule has 2 unspecified atom stereocenters. The summed E-state index contributed by atoms with van der Waals surface area (Å²) in [5.74, 6) is 0.422. The first kappa shape index (κ1) is 16.0. The number of piperidine rings is 1. The zero-order valence-electron chi connectivity index (χ0n) is 13.0. The van der Waals surface area contributed by atoms with Crippen molar-refractivity contribution in [3.05, 3.63) is 47.0 Å². The molecule has 2 N–H and O–H groups in total. The molecule has 1 aliphatic heterocycles. The van der Waals surface area contributed by atoms with E-state index in [-0.39, 0.29) is 11.5 Å². The van der Waals surface area contributed by atoms with Crippen molar-refractivity contribution >= 4 is 0 Å². The molecule has 1 aromatic heterocycles. The zero-order chi connectivity index (χ0) is 16.4. The van der Waals surface area contributed by atoms with Crippen LogP contribution in [0.1, 0.15) is 42.1 Å². The second-order valence-electron chi connectivity index (χ2n) is 6.06. The first-order valence-corrected chi connectivity index (χ1v) is 7.77. The van der Waals surface area contributed by atoms with Crippen LogP contribution in [0.2, 0.25) is 0 Å². The fraction of sp³-hybridized carbons (Fsp3) is 0.500. The summed E-state index contributed by atoms with van der Waals surface area (Å²) in [4.78, 5) is 6.45. The minimum Gasteiger partial charge on any atom is -0.387 e. The predicted octanol–water partition coefficient (Wildman–Crippen LogP) is 2.30. The number of nitrogens with one attached hydrogen (secondary N) is 1. The molecular weight excluding hydrogens is 302 g/mol. The number of H-pyrrole nitrogens is 1. The van der Waals surface area contributed by atoms with Gasteiger partial charge in [0.1, 0.15) is 17.5 Å². The van der Waals surface area contributed by atoms with Gasteiger partial charge in [-0.2, -0.15) is 5.10 Å². The molecule has 0 saturated carbocycles. The summed E-state index contributed by atoms with van der Waals surface area (Å²) in [7, 11) is 0. The summed E-state index contributed by atoms with van der Waals surface area (Å²) in [6.45, 7) is 3.72. The van der Waals surface area contributed by atoms with Gasteiger partial charge in [0.2, 0.25) is 0 Å². The first-order valence-electron chi connectivity index (χ1n) is 7.77. The molecule has 0 bridgehead atoms. The number of β-amino-alcohol motifs (C(OH)–C–C–N with tert-alkyl or cyclic N) is 1. The molecule has 0 amide bonds. The van der Waals surface area contributed by atoms with E-state index in [9.17, 15) is 13.9 Å². The van der Waals surface area contributed by atoms with Crippen molar-refractivity contribution in [3.63, 3.8) is 0 Å². The van der Waals surface area contributed by atoms with Gasteiger partial charge in [0.05, 0.1) is 6.10 Å². The number of benzene rings is 1. The molecule has 7 heteroatoms. The molecule has 0 spiro atoms. The van der Waals surface area contributed by atoms with Crippen LogP contribution >= 0.6 is 0 Å². The Labute approximate surface area is 133 Å². The van der Waals surface area contributed by atoms with E-state index in [2.05, 4.69) is 20.1 Å². The lowest BCUT2D eigenvalue weighted by atomic mass is 9.96. The Balaban J connectivity index is 1.65. The summed E-state index contributed by atoms with van der Waals surface area (Å²) in [6, 6.07) is 3.26. The Morgan fingerprint density at radius 1 is 1.43 bits per heavy atom. The second kappa shape index (κ2) is 6.72. The number of aliphatic hydroxyl groups is 1. The fourth-order valence-corrected chi connectivity index (χ4v) is 3.09. The van der Waals surface area contributed by atoms with Crippen LogP contribution in [0.5, 0.6) is 0 Å². The third kappa shape index (κ3) is 3.73. The largest absolute Gasteiger partial charge is 0.387 e. The molecule has 0 aliphatic carbocycles. The maximum Gasteiger partial charge on any atom is 0.155 e. The highest BCUT2D eigenvalue weighted by atomic mass is 19.1. The van der Waals surface area contributed by atoms with Crippen molar-refractivity contribution in [2.75, 3.05) is 19.6 Å². The third-order valence-corrected chi connectivity index (χ3v) is 4.24. The molecule has 1 fully saturated rings. The molecule has 2 atom stereocenters. The summed E-state index contributed by atoms with van der Waals surface area (Å²) in [5, 5.41) is 17.3. The van der Waals surface area contributed by atoms with E-state index >= 15 is 0 Å². The van der Waals surface area contributed by atoms with Crippen LogP contribution in [0, 0.1) is 18.6 Å². The van der Waals surface area contributed by atoms with Crippen molar-refractivity contribution in [2.24, 2.45) is 0 Å². The summed E-state index contributed by atoms with van der Waals surface area (Å²) < 4.78 is 26.7. The zero-order valence-corrected chi connectivity index (χ0v) is 13.0. The van der Waals surface area contributed by atoms with Crippen molar-refractivity contribution in [1.82, 2.24) is 20.1 Å². The molecule has 23 heavy (non-hydrogen) atoms. The van der Waals surface area contributed by atoms with Gasteiger partial charge in [0, 0.05) is 30.6 Å². The second-order valence-corrected chi connectivity index (χ2v) is 6.06. The minimum atomic E-state index is -0.983. The summed E-state index contributed by atoms with van der Waals surface area (Å²) in [6.07, 6.45) is 0.981. The van der Waals surface area contributed by atoms with Gasteiger partial charge in [-0.3, -0.25) is 10.00 Å². The van der Waals surface area contributed by atoms with Gasteiger partial charge in [-0.15, -0.1) is 0 Å². The lowest BCUT2D eigenvalue weighted by molar-refractivity contribution is 0.0920. The van der Waals surface area contributed by atoms with Gasteiger partial charge < -0.3 is 5.11 Å². The lowest BCUT2D eigenvalue weighted by Crippen LogP contribution is -2.37. The average molecular weight is 322 g/mol. The molecule has 1 aromatic carbocycles. The highest BCUT2D eigenvalue weighted by Gasteiger charge is 2.26. The van der Waals surface area contributed by atoms with E-state index in [1.165, 1.54) is 6.07 Å². The smallest absolute Gasteiger partial charge is 0.155 e. The molecule has 5 nitrogen and oxygen atoms in total. The molecular formula is C16H20F2N4O. The monoisotopic (exact) mass is 322 g/mol. The predicted molar refractivity (Wildman–Crippen MR) is 80.9 cm³/mol. The first-order chi connectivity index (χ1) is 11.0. The summed E-state index contributed by atoms with van der Waals surface area (Å²) in [5.41, 5.74) is 0.127. The van der Waals surface area contributed by atoms with Gasteiger partial charge in [-0.25, -0.2) is 13.8 Å². The number of aliphatic hydroxyl groups excluding tert-OH is 1. The van der Waals surface area contributed by atoms with Gasteiger partial charge in [-0.1, -0.05) is 6.07 Å². The summed E-state index contributed by atoms with van der Waals surface area (Å²) >= 11 is 0. The number of aromatic nitrogens is 3. The van der Waals surface area contributed by atoms with E-state index in [0.29, 0.717) is 6.54 Å². The quantitative estimate of drug-likeness (QED) is 0.906. The molecule has 1 saturated heterocycles. The van der Waals surface area contributed by atoms with Gasteiger partial charge >= 0.3 is 0 Å². The fourth-order valence-electron chi connectivity index (χ4n) is 3.09.